The Kier molecular flexibility index (Phi) is 5.54. The molecular weight excluding hydrogens is 266 g/mol. The van der Waals surface area contributed by atoms with Crippen molar-refractivity contribution in [3.8, 4) is 0 Å². The van der Waals surface area contributed by atoms with Gasteiger partial charge in [0.15, 0.2) is 5.41 Å². The van der Waals surface area contributed by atoms with E-state index in [1.807, 2.05) is 0 Å². The molecule has 0 aliphatic heterocycles. The molecule has 7 heteroatoms. The van der Waals surface area contributed by atoms with Gasteiger partial charge in [0.2, 0.25) is 0 Å². The average Bonchev–Trinajstić information content (AvgIpc) is 3.18. The maximum absolute atomic E-state index is 11.9. The van der Waals surface area contributed by atoms with Crippen LogP contribution in [-0.4, -0.2) is 44.9 Å². The van der Waals surface area contributed by atoms with Gasteiger partial charge in [0.1, 0.15) is 13.2 Å². The first-order valence-electron chi connectivity index (χ1n) is 6.31. The van der Waals surface area contributed by atoms with Gasteiger partial charge >= 0.3 is 18.0 Å². The van der Waals surface area contributed by atoms with E-state index in [2.05, 4.69) is 16.6 Å². The van der Waals surface area contributed by atoms with Gasteiger partial charge in [-0.15, -0.1) is 6.58 Å². The highest BCUT2D eigenvalue weighted by Crippen LogP contribution is 2.55. The summed E-state index contributed by atoms with van der Waals surface area (Å²) in [6, 6.07) is 0. The van der Waals surface area contributed by atoms with Crippen LogP contribution in [0, 0.1) is 11.3 Å². The maximum atomic E-state index is 11.9. The van der Waals surface area contributed by atoms with Crippen molar-refractivity contribution in [3.63, 3.8) is 0 Å². The summed E-state index contributed by atoms with van der Waals surface area (Å²) in [5, 5.41) is 2.43. The molecule has 0 aromatic carbocycles. The number of esters is 2. The van der Waals surface area contributed by atoms with Crippen LogP contribution in [0.4, 0.5) is 4.79 Å². The number of allylic oxidation sites excluding steroid dienone is 1. The minimum Gasteiger partial charge on any atom is -0.468 e. The summed E-state index contributed by atoms with van der Waals surface area (Å²) < 4.78 is 14.3. The predicted octanol–water partition coefficient (Wildman–Crippen LogP) is 0.641. The first-order chi connectivity index (χ1) is 9.52. The third-order valence-electron chi connectivity index (χ3n) is 3.08. The second-order valence-corrected chi connectivity index (χ2v) is 4.31. The molecule has 1 rings (SSSR count). The van der Waals surface area contributed by atoms with Gasteiger partial charge in [-0.2, -0.15) is 0 Å². The highest BCUT2D eigenvalue weighted by Gasteiger charge is 2.66. The Morgan fingerprint density at radius 1 is 1.30 bits per heavy atom. The first kappa shape index (κ1) is 16.0. The van der Waals surface area contributed by atoms with Crippen molar-refractivity contribution in [1.82, 2.24) is 5.32 Å². The van der Waals surface area contributed by atoms with Gasteiger partial charge < -0.3 is 19.5 Å². The van der Waals surface area contributed by atoms with Crippen molar-refractivity contribution in [2.45, 2.75) is 13.3 Å². The second kappa shape index (κ2) is 6.93. The van der Waals surface area contributed by atoms with E-state index in [0.717, 1.165) is 0 Å². The van der Waals surface area contributed by atoms with Crippen molar-refractivity contribution < 1.29 is 28.6 Å². The number of hydrogen-bond donors (Lipinski definition) is 1. The SMILES string of the molecule is C=CC1CC1(C(=O)OC)C(=O)OCCOC(=O)NCC. The summed E-state index contributed by atoms with van der Waals surface area (Å²) in [7, 11) is 1.22. The van der Waals surface area contributed by atoms with Gasteiger partial charge in [0, 0.05) is 12.5 Å². The van der Waals surface area contributed by atoms with E-state index in [9.17, 15) is 14.4 Å². The second-order valence-electron chi connectivity index (χ2n) is 4.31. The molecule has 1 fully saturated rings. The van der Waals surface area contributed by atoms with Crippen LogP contribution in [-0.2, 0) is 23.8 Å². The molecule has 0 aromatic rings. The van der Waals surface area contributed by atoms with Crippen LogP contribution in [0.5, 0.6) is 0 Å². The lowest BCUT2D eigenvalue weighted by Crippen LogP contribution is -2.32. The molecule has 2 atom stereocenters. The molecular formula is C13H19NO6. The Labute approximate surface area is 117 Å². The molecule has 1 aliphatic rings. The fraction of sp³-hybridized carbons (Fsp3) is 0.615. The van der Waals surface area contributed by atoms with Gasteiger partial charge in [0.25, 0.3) is 0 Å². The third kappa shape index (κ3) is 3.28. The number of alkyl carbamates (subject to hydrolysis) is 1. The lowest BCUT2D eigenvalue weighted by Gasteiger charge is -2.13. The Hall–Kier alpha value is -2.05. The van der Waals surface area contributed by atoms with Crippen LogP contribution in [0.1, 0.15) is 13.3 Å². The van der Waals surface area contributed by atoms with E-state index in [1.54, 1.807) is 6.92 Å². The average molecular weight is 285 g/mol. The predicted molar refractivity (Wildman–Crippen MR) is 68.7 cm³/mol. The summed E-state index contributed by atoms with van der Waals surface area (Å²) in [6.07, 6.45) is 1.28. The molecule has 7 nitrogen and oxygen atoms in total. The van der Waals surface area contributed by atoms with E-state index in [-0.39, 0.29) is 19.1 Å². The van der Waals surface area contributed by atoms with E-state index >= 15 is 0 Å². The molecule has 1 saturated carbocycles. The number of carbonyl (C=O) groups excluding carboxylic acids is 3. The van der Waals surface area contributed by atoms with Crippen LogP contribution < -0.4 is 5.32 Å². The number of ether oxygens (including phenoxy) is 3. The summed E-state index contributed by atoms with van der Waals surface area (Å²) in [5.41, 5.74) is -1.28. The van der Waals surface area contributed by atoms with Crippen LogP contribution in [0.15, 0.2) is 12.7 Å². The van der Waals surface area contributed by atoms with Gasteiger partial charge in [0.05, 0.1) is 7.11 Å². The molecule has 20 heavy (non-hydrogen) atoms. The monoisotopic (exact) mass is 285 g/mol. The lowest BCUT2D eigenvalue weighted by atomic mass is 10.0. The van der Waals surface area contributed by atoms with Gasteiger partial charge in [-0.3, -0.25) is 9.59 Å². The van der Waals surface area contributed by atoms with Crippen LogP contribution >= 0.6 is 0 Å². The van der Waals surface area contributed by atoms with Crippen molar-refractivity contribution in [1.29, 1.82) is 0 Å². The zero-order chi connectivity index (χ0) is 15.2. The fourth-order valence-corrected chi connectivity index (χ4v) is 1.90. The summed E-state index contributed by atoms with van der Waals surface area (Å²) in [4.78, 5) is 34.6. The van der Waals surface area contributed by atoms with Crippen molar-refractivity contribution >= 4 is 18.0 Å². The summed E-state index contributed by atoms with van der Waals surface area (Å²) in [6.45, 7) is 5.58. The number of carbonyl (C=O) groups is 3. The Bertz CT molecular complexity index is 408. The van der Waals surface area contributed by atoms with Gasteiger partial charge in [-0.25, -0.2) is 4.79 Å². The largest absolute Gasteiger partial charge is 0.468 e. The minimum atomic E-state index is -1.28. The Morgan fingerprint density at radius 2 is 1.95 bits per heavy atom. The molecule has 0 radical (unpaired) electrons. The van der Waals surface area contributed by atoms with Crippen LogP contribution in [0.25, 0.3) is 0 Å². The van der Waals surface area contributed by atoms with Gasteiger partial charge in [-0.1, -0.05) is 6.08 Å². The van der Waals surface area contributed by atoms with Gasteiger partial charge in [-0.05, 0) is 13.3 Å². The highest BCUT2D eigenvalue weighted by molar-refractivity contribution is 6.04. The number of rotatable bonds is 7. The fourth-order valence-electron chi connectivity index (χ4n) is 1.90. The molecule has 0 heterocycles. The number of nitrogens with one attached hydrogen (secondary N) is 1. The quantitative estimate of drug-likeness (QED) is 0.243. The topological polar surface area (TPSA) is 90.9 Å². The van der Waals surface area contributed by atoms with Crippen LogP contribution in [0.2, 0.25) is 0 Å². The molecule has 1 N–H and O–H groups in total. The normalized spacial score (nSPS) is 23.4. The van der Waals surface area contributed by atoms with Crippen molar-refractivity contribution in [2.75, 3.05) is 26.9 Å². The summed E-state index contributed by atoms with van der Waals surface area (Å²) >= 11 is 0. The molecule has 0 spiro atoms. The molecule has 0 saturated heterocycles. The Morgan fingerprint density at radius 3 is 2.45 bits per heavy atom. The molecule has 0 bridgehead atoms. The third-order valence-corrected chi connectivity index (χ3v) is 3.08. The lowest BCUT2D eigenvalue weighted by molar-refractivity contribution is -0.164. The maximum Gasteiger partial charge on any atom is 0.407 e. The van der Waals surface area contributed by atoms with Crippen molar-refractivity contribution in [2.24, 2.45) is 11.3 Å². The molecule has 1 aliphatic carbocycles. The van der Waals surface area contributed by atoms with E-state index < -0.39 is 23.4 Å². The van der Waals surface area contributed by atoms with E-state index in [4.69, 9.17) is 9.47 Å². The smallest absolute Gasteiger partial charge is 0.407 e. The zero-order valence-electron chi connectivity index (χ0n) is 11.6. The Balaban J connectivity index is 2.40. The number of amides is 1. The number of hydrogen-bond acceptors (Lipinski definition) is 6. The molecule has 1 amide bonds. The first-order valence-corrected chi connectivity index (χ1v) is 6.31. The molecule has 0 aromatic heterocycles. The van der Waals surface area contributed by atoms with E-state index in [1.165, 1.54) is 13.2 Å². The highest BCUT2D eigenvalue weighted by atomic mass is 16.6. The standard InChI is InChI=1S/C13H19NO6/c1-4-9-8-13(9,10(15)18-3)11(16)19-6-7-20-12(17)14-5-2/h4,9H,1,5-8H2,2-3H3,(H,14,17). The molecule has 2 unspecified atom stereocenters. The van der Waals surface area contributed by atoms with Crippen LogP contribution in [0.3, 0.4) is 0 Å². The van der Waals surface area contributed by atoms with E-state index in [0.29, 0.717) is 13.0 Å². The minimum absolute atomic E-state index is 0.0758. The number of methoxy groups -OCH3 is 1. The summed E-state index contributed by atoms with van der Waals surface area (Å²) in [5.74, 6) is -1.57. The van der Waals surface area contributed by atoms with Crippen molar-refractivity contribution in [3.05, 3.63) is 12.7 Å². The molecule has 112 valence electrons. The zero-order valence-corrected chi connectivity index (χ0v) is 11.6.